The number of aromatic nitrogens is 1. The Morgan fingerprint density at radius 3 is 2.52 bits per heavy atom. The first-order valence-corrected chi connectivity index (χ1v) is 10.1. The highest BCUT2D eigenvalue weighted by atomic mass is 16.4. The Kier molecular flexibility index (Phi) is 4.81. The summed E-state index contributed by atoms with van der Waals surface area (Å²) in [7, 11) is 0. The summed E-state index contributed by atoms with van der Waals surface area (Å²) in [6.45, 7) is 0.734. The number of carbonyl (C=O) groups is 1. The zero-order valence-corrected chi connectivity index (χ0v) is 16.7. The first-order chi connectivity index (χ1) is 15.2. The maximum atomic E-state index is 12.8. The van der Waals surface area contributed by atoms with Crippen LogP contribution in [0.4, 0.5) is 0 Å². The quantitative estimate of drug-likeness (QED) is 0.214. The van der Waals surface area contributed by atoms with Crippen LogP contribution in [0.5, 0.6) is 0 Å². The molecule has 5 aromatic rings. The van der Waals surface area contributed by atoms with Gasteiger partial charge in [-0.2, -0.15) is 0 Å². The number of hydrogen-bond donors (Lipinski definition) is 0. The predicted octanol–water partition coefficient (Wildman–Crippen LogP) is 5.69. The SMILES string of the molecule is O=C(/C=C/c1cn(Cc2ccccc2)c2ccccc12)c1cc2ccccc2oc1=O. The fourth-order valence-corrected chi connectivity index (χ4v) is 3.81. The molecule has 0 N–H and O–H groups in total. The van der Waals surface area contributed by atoms with Crippen molar-refractivity contribution in [1.82, 2.24) is 4.57 Å². The average Bonchev–Trinajstić information content (AvgIpc) is 3.15. The number of rotatable bonds is 5. The third-order valence-electron chi connectivity index (χ3n) is 5.34. The van der Waals surface area contributed by atoms with E-state index >= 15 is 0 Å². The summed E-state index contributed by atoms with van der Waals surface area (Å²) < 4.78 is 7.46. The van der Waals surface area contributed by atoms with Gasteiger partial charge >= 0.3 is 5.63 Å². The van der Waals surface area contributed by atoms with E-state index in [4.69, 9.17) is 4.42 Å². The van der Waals surface area contributed by atoms with Crippen molar-refractivity contribution in [2.75, 3.05) is 0 Å². The molecule has 0 atom stereocenters. The Balaban J connectivity index is 1.50. The summed E-state index contributed by atoms with van der Waals surface area (Å²) in [5.74, 6) is -0.376. The van der Waals surface area contributed by atoms with Crippen LogP contribution in [-0.2, 0) is 6.54 Å². The number of benzene rings is 3. The maximum absolute atomic E-state index is 12.8. The molecule has 0 bridgehead atoms. The molecule has 0 spiro atoms. The molecule has 31 heavy (non-hydrogen) atoms. The van der Waals surface area contributed by atoms with Gasteiger partial charge in [0.15, 0.2) is 5.78 Å². The first-order valence-electron chi connectivity index (χ1n) is 10.1. The summed E-state index contributed by atoms with van der Waals surface area (Å²) >= 11 is 0. The fourth-order valence-electron chi connectivity index (χ4n) is 3.81. The summed E-state index contributed by atoms with van der Waals surface area (Å²) in [6.07, 6.45) is 5.24. The second-order valence-electron chi connectivity index (χ2n) is 7.40. The number of nitrogens with zero attached hydrogens (tertiary/aromatic N) is 1. The molecule has 0 aliphatic carbocycles. The molecule has 0 saturated carbocycles. The van der Waals surface area contributed by atoms with Crippen LogP contribution >= 0.6 is 0 Å². The lowest BCUT2D eigenvalue weighted by atomic mass is 10.1. The van der Waals surface area contributed by atoms with E-state index in [2.05, 4.69) is 22.8 Å². The molecule has 0 unspecified atom stereocenters. The van der Waals surface area contributed by atoms with E-state index in [0.717, 1.165) is 28.4 Å². The molecular weight excluding hydrogens is 386 g/mol. The van der Waals surface area contributed by atoms with Gasteiger partial charge in [-0.15, -0.1) is 0 Å². The molecular formula is C27H19NO3. The van der Waals surface area contributed by atoms with Crippen molar-refractivity contribution in [1.29, 1.82) is 0 Å². The molecule has 0 aliphatic rings. The second-order valence-corrected chi connectivity index (χ2v) is 7.40. The van der Waals surface area contributed by atoms with Crippen molar-refractivity contribution in [3.63, 3.8) is 0 Å². The van der Waals surface area contributed by atoms with Crippen molar-refractivity contribution < 1.29 is 9.21 Å². The molecule has 2 heterocycles. The van der Waals surface area contributed by atoms with Gasteiger partial charge in [0.1, 0.15) is 11.1 Å². The number of ketones is 1. The highest BCUT2D eigenvalue weighted by Crippen LogP contribution is 2.24. The van der Waals surface area contributed by atoms with E-state index < -0.39 is 5.63 Å². The highest BCUT2D eigenvalue weighted by Gasteiger charge is 2.12. The highest BCUT2D eigenvalue weighted by molar-refractivity contribution is 6.08. The zero-order chi connectivity index (χ0) is 21.2. The van der Waals surface area contributed by atoms with Crippen molar-refractivity contribution >= 4 is 33.7 Å². The van der Waals surface area contributed by atoms with Gasteiger partial charge in [0.05, 0.1) is 0 Å². The molecule has 0 aliphatic heterocycles. The summed E-state index contributed by atoms with van der Waals surface area (Å²) in [5, 5.41) is 1.77. The third-order valence-corrected chi connectivity index (χ3v) is 5.34. The minimum absolute atomic E-state index is 0.0305. The minimum Gasteiger partial charge on any atom is -0.422 e. The van der Waals surface area contributed by atoms with Crippen LogP contribution < -0.4 is 5.63 Å². The van der Waals surface area contributed by atoms with Crippen molar-refractivity contribution in [2.24, 2.45) is 0 Å². The molecule has 0 fully saturated rings. The van der Waals surface area contributed by atoms with Crippen LogP contribution in [0.2, 0.25) is 0 Å². The van der Waals surface area contributed by atoms with Gasteiger partial charge in [-0.05, 0) is 35.9 Å². The van der Waals surface area contributed by atoms with Crippen LogP contribution in [0.25, 0.3) is 27.9 Å². The normalized spacial score (nSPS) is 11.5. The van der Waals surface area contributed by atoms with Gasteiger partial charge in [0.2, 0.25) is 0 Å². The van der Waals surface area contributed by atoms with E-state index in [9.17, 15) is 9.59 Å². The lowest BCUT2D eigenvalue weighted by Crippen LogP contribution is -2.11. The van der Waals surface area contributed by atoms with E-state index in [1.165, 1.54) is 11.6 Å². The Morgan fingerprint density at radius 2 is 1.65 bits per heavy atom. The fraction of sp³-hybridized carbons (Fsp3) is 0.0370. The zero-order valence-electron chi connectivity index (χ0n) is 16.7. The summed E-state index contributed by atoms with van der Waals surface area (Å²) in [6, 6.07) is 27.1. The first kappa shape index (κ1) is 18.8. The van der Waals surface area contributed by atoms with Gasteiger partial charge in [0, 0.05) is 34.6 Å². The van der Waals surface area contributed by atoms with Gasteiger partial charge in [-0.3, -0.25) is 4.79 Å². The van der Waals surface area contributed by atoms with E-state index in [-0.39, 0.29) is 11.3 Å². The molecule has 4 heteroatoms. The van der Waals surface area contributed by atoms with E-state index in [1.807, 2.05) is 54.7 Å². The Morgan fingerprint density at radius 1 is 0.903 bits per heavy atom. The second kappa shape index (κ2) is 7.92. The summed E-state index contributed by atoms with van der Waals surface area (Å²) in [5.41, 5.74) is 3.08. The largest absolute Gasteiger partial charge is 0.422 e. The van der Waals surface area contributed by atoms with E-state index in [1.54, 1.807) is 24.3 Å². The van der Waals surface area contributed by atoms with Gasteiger partial charge in [-0.25, -0.2) is 4.79 Å². The van der Waals surface area contributed by atoms with Crippen molar-refractivity contribution in [2.45, 2.75) is 6.54 Å². The smallest absolute Gasteiger partial charge is 0.347 e. The van der Waals surface area contributed by atoms with Crippen LogP contribution in [0.3, 0.4) is 0 Å². The van der Waals surface area contributed by atoms with Crippen LogP contribution in [0.15, 0.2) is 106 Å². The number of fused-ring (bicyclic) bond motifs is 2. The Bertz CT molecular complexity index is 1490. The molecule has 0 saturated heterocycles. The molecule has 3 aromatic carbocycles. The van der Waals surface area contributed by atoms with Crippen molar-refractivity contribution in [3.8, 4) is 0 Å². The van der Waals surface area contributed by atoms with Gasteiger partial charge in [-0.1, -0.05) is 66.7 Å². The molecule has 5 rings (SSSR count). The minimum atomic E-state index is -0.625. The van der Waals surface area contributed by atoms with Crippen LogP contribution in [0.1, 0.15) is 21.5 Å². The van der Waals surface area contributed by atoms with E-state index in [0.29, 0.717) is 5.58 Å². The van der Waals surface area contributed by atoms with Gasteiger partial charge in [0.25, 0.3) is 0 Å². The summed E-state index contributed by atoms with van der Waals surface area (Å²) in [4.78, 5) is 25.0. The topological polar surface area (TPSA) is 52.2 Å². The number of carbonyl (C=O) groups excluding carboxylic acids is 1. The van der Waals surface area contributed by atoms with Crippen molar-refractivity contribution in [3.05, 3.63) is 124 Å². The lowest BCUT2D eigenvalue weighted by molar-refractivity contribution is 0.104. The number of allylic oxidation sites excluding steroid dienone is 1. The van der Waals surface area contributed by atoms with Gasteiger partial charge < -0.3 is 8.98 Å². The predicted molar refractivity (Wildman–Crippen MR) is 123 cm³/mol. The van der Waals surface area contributed by atoms with Crippen LogP contribution in [-0.4, -0.2) is 10.4 Å². The number of para-hydroxylation sites is 2. The maximum Gasteiger partial charge on any atom is 0.347 e. The Labute approximate surface area is 178 Å². The molecule has 2 aromatic heterocycles. The monoisotopic (exact) mass is 405 g/mol. The molecule has 0 radical (unpaired) electrons. The lowest BCUT2D eigenvalue weighted by Gasteiger charge is -2.05. The molecule has 0 amide bonds. The van der Waals surface area contributed by atoms with Crippen LogP contribution in [0, 0.1) is 0 Å². The average molecular weight is 405 g/mol. The Hall–Kier alpha value is -4.18. The third kappa shape index (κ3) is 3.71. The molecule has 150 valence electrons. The molecule has 4 nitrogen and oxygen atoms in total. The number of hydrogen-bond acceptors (Lipinski definition) is 3. The standard InChI is InChI=1S/C27H19NO3/c29-25(23-16-20-10-4-7-13-26(20)31-27(23)30)15-14-21-18-28(17-19-8-2-1-3-9-19)24-12-6-5-11-22(21)24/h1-16,18H,17H2/b15-14+.